The first-order valence-electron chi connectivity index (χ1n) is 10.6. The minimum atomic E-state index is 0. The van der Waals surface area contributed by atoms with E-state index in [9.17, 15) is 4.79 Å². The quantitative estimate of drug-likeness (QED) is 0.272. The van der Waals surface area contributed by atoms with Crippen LogP contribution in [0.4, 0.5) is 0 Å². The summed E-state index contributed by atoms with van der Waals surface area (Å²) in [4.78, 5) is 18.9. The Morgan fingerprint density at radius 2 is 1.68 bits per heavy atom. The van der Waals surface area contributed by atoms with Crippen LogP contribution in [0.1, 0.15) is 42.3 Å². The third kappa shape index (κ3) is 8.40. The number of amides is 1. The Hall–Kier alpha value is -2.29. The highest BCUT2D eigenvalue weighted by Crippen LogP contribution is 2.17. The van der Waals surface area contributed by atoms with Crippen molar-refractivity contribution in [3.05, 3.63) is 65.2 Å². The maximum absolute atomic E-state index is 12.4. The minimum absolute atomic E-state index is 0. The average Bonchev–Trinajstić information content (AvgIpc) is 2.78. The van der Waals surface area contributed by atoms with Crippen molar-refractivity contribution in [2.24, 2.45) is 4.99 Å². The van der Waals surface area contributed by atoms with E-state index in [1.807, 2.05) is 68.1 Å². The van der Waals surface area contributed by atoms with Crippen LogP contribution < -0.4 is 15.4 Å². The number of halogens is 1. The second-order valence-electron chi connectivity index (χ2n) is 6.86. The van der Waals surface area contributed by atoms with Crippen molar-refractivity contribution in [1.29, 1.82) is 0 Å². The summed E-state index contributed by atoms with van der Waals surface area (Å²) >= 11 is 0. The van der Waals surface area contributed by atoms with Gasteiger partial charge in [-0.1, -0.05) is 30.3 Å². The topological polar surface area (TPSA) is 66.0 Å². The number of hydrogen-bond acceptors (Lipinski definition) is 3. The standard InChI is InChI=1S/C24H34N4O2.HI/c1-5-25-24(26-17-16-20-10-8-9-11-22(20)30-4)27-18-19-12-14-21(15-13-19)23(29)28(6-2)7-3;/h8-15H,5-7,16-18H2,1-4H3,(H2,25,26,27);1H. The van der Waals surface area contributed by atoms with Gasteiger partial charge in [0, 0.05) is 31.7 Å². The number of nitrogens with zero attached hydrogens (tertiary/aromatic N) is 2. The lowest BCUT2D eigenvalue weighted by Crippen LogP contribution is -2.38. The number of nitrogens with one attached hydrogen (secondary N) is 2. The molecule has 0 aliphatic rings. The maximum atomic E-state index is 12.4. The molecular formula is C24H35IN4O2. The number of ether oxygens (including phenoxy) is 1. The smallest absolute Gasteiger partial charge is 0.253 e. The summed E-state index contributed by atoms with van der Waals surface area (Å²) in [6.45, 7) is 9.55. The number of carbonyl (C=O) groups excluding carboxylic acids is 1. The van der Waals surface area contributed by atoms with E-state index in [4.69, 9.17) is 4.74 Å². The number of methoxy groups -OCH3 is 1. The normalized spacial score (nSPS) is 10.8. The van der Waals surface area contributed by atoms with Crippen LogP contribution in [0.2, 0.25) is 0 Å². The van der Waals surface area contributed by atoms with E-state index in [2.05, 4.69) is 21.7 Å². The van der Waals surface area contributed by atoms with Gasteiger partial charge in [-0.15, -0.1) is 24.0 Å². The predicted molar refractivity (Wildman–Crippen MR) is 139 cm³/mol. The lowest BCUT2D eigenvalue weighted by atomic mass is 10.1. The number of rotatable bonds is 10. The van der Waals surface area contributed by atoms with E-state index in [1.54, 1.807) is 7.11 Å². The molecule has 0 aliphatic heterocycles. The Bertz CT molecular complexity index is 821. The highest BCUT2D eigenvalue weighted by molar-refractivity contribution is 14.0. The number of guanidine groups is 1. The molecule has 0 aromatic heterocycles. The number of hydrogen-bond donors (Lipinski definition) is 2. The molecule has 0 radical (unpaired) electrons. The van der Waals surface area contributed by atoms with Gasteiger partial charge in [-0.05, 0) is 56.5 Å². The zero-order valence-electron chi connectivity index (χ0n) is 19.0. The first-order chi connectivity index (χ1) is 14.6. The molecule has 0 saturated heterocycles. The third-order valence-electron chi connectivity index (χ3n) is 4.89. The Kier molecular flexibility index (Phi) is 12.7. The van der Waals surface area contributed by atoms with Crippen molar-refractivity contribution in [3.63, 3.8) is 0 Å². The molecule has 1 amide bonds. The molecule has 0 aliphatic carbocycles. The van der Waals surface area contributed by atoms with Crippen molar-refractivity contribution in [3.8, 4) is 5.75 Å². The summed E-state index contributed by atoms with van der Waals surface area (Å²) in [5, 5.41) is 6.65. The Labute approximate surface area is 203 Å². The molecule has 2 aromatic rings. The molecule has 2 rings (SSSR count). The van der Waals surface area contributed by atoms with Gasteiger partial charge in [-0.25, -0.2) is 4.99 Å². The number of para-hydroxylation sites is 1. The molecule has 0 atom stereocenters. The molecule has 0 fully saturated rings. The third-order valence-corrected chi connectivity index (χ3v) is 4.89. The van der Waals surface area contributed by atoms with Crippen LogP contribution in [-0.4, -0.2) is 50.1 Å². The van der Waals surface area contributed by atoms with Crippen LogP contribution >= 0.6 is 24.0 Å². The number of benzene rings is 2. The summed E-state index contributed by atoms with van der Waals surface area (Å²) in [7, 11) is 1.69. The Morgan fingerprint density at radius 1 is 1.00 bits per heavy atom. The molecule has 0 bridgehead atoms. The van der Waals surface area contributed by atoms with Crippen LogP contribution in [0.5, 0.6) is 5.75 Å². The molecule has 0 unspecified atom stereocenters. The van der Waals surface area contributed by atoms with Gasteiger partial charge in [0.1, 0.15) is 5.75 Å². The zero-order valence-corrected chi connectivity index (χ0v) is 21.3. The van der Waals surface area contributed by atoms with E-state index in [0.717, 1.165) is 42.3 Å². The van der Waals surface area contributed by atoms with E-state index < -0.39 is 0 Å². The summed E-state index contributed by atoms with van der Waals surface area (Å²) in [5.41, 5.74) is 2.94. The van der Waals surface area contributed by atoms with E-state index in [0.29, 0.717) is 25.2 Å². The van der Waals surface area contributed by atoms with Gasteiger partial charge in [0.25, 0.3) is 5.91 Å². The van der Waals surface area contributed by atoms with Gasteiger partial charge in [-0.2, -0.15) is 0 Å². The molecular weight excluding hydrogens is 503 g/mol. The molecule has 170 valence electrons. The highest BCUT2D eigenvalue weighted by atomic mass is 127. The molecule has 2 aromatic carbocycles. The first-order valence-corrected chi connectivity index (χ1v) is 10.6. The summed E-state index contributed by atoms with van der Waals surface area (Å²) in [6.07, 6.45) is 0.844. The summed E-state index contributed by atoms with van der Waals surface area (Å²) < 4.78 is 5.41. The predicted octanol–water partition coefficient (Wildman–Crippen LogP) is 4.09. The Balaban J connectivity index is 0.00000480. The first kappa shape index (κ1) is 26.7. The molecule has 0 heterocycles. The second-order valence-corrected chi connectivity index (χ2v) is 6.86. The van der Waals surface area contributed by atoms with Crippen LogP contribution in [0.15, 0.2) is 53.5 Å². The number of carbonyl (C=O) groups is 1. The zero-order chi connectivity index (χ0) is 21.8. The summed E-state index contributed by atoms with van der Waals surface area (Å²) in [6, 6.07) is 15.8. The SMILES string of the molecule is CCNC(=NCc1ccc(C(=O)N(CC)CC)cc1)NCCc1ccccc1OC.I. The molecule has 0 saturated carbocycles. The van der Waals surface area contributed by atoms with Crippen molar-refractivity contribution in [2.75, 3.05) is 33.3 Å². The maximum Gasteiger partial charge on any atom is 0.253 e. The fraction of sp³-hybridized carbons (Fsp3) is 0.417. The van der Waals surface area contributed by atoms with Gasteiger partial charge < -0.3 is 20.3 Å². The minimum Gasteiger partial charge on any atom is -0.496 e. The van der Waals surface area contributed by atoms with Gasteiger partial charge >= 0.3 is 0 Å². The van der Waals surface area contributed by atoms with Crippen LogP contribution in [0.3, 0.4) is 0 Å². The average molecular weight is 538 g/mol. The van der Waals surface area contributed by atoms with Gasteiger partial charge in [0.15, 0.2) is 5.96 Å². The molecule has 2 N–H and O–H groups in total. The molecule has 7 heteroatoms. The van der Waals surface area contributed by atoms with Crippen LogP contribution in [0, 0.1) is 0 Å². The lowest BCUT2D eigenvalue weighted by Gasteiger charge is -2.18. The van der Waals surface area contributed by atoms with Crippen molar-refractivity contribution in [1.82, 2.24) is 15.5 Å². The lowest BCUT2D eigenvalue weighted by molar-refractivity contribution is 0.0773. The van der Waals surface area contributed by atoms with E-state index in [1.165, 1.54) is 0 Å². The van der Waals surface area contributed by atoms with Crippen molar-refractivity contribution < 1.29 is 9.53 Å². The fourth-order valence-corrected chi connectivity index (χ4v) is 3.18. The van der Waals surface area contributed by atoms with Gasteiger partial charge in [0.05, 0.1) is 13.7 Å². The van der Waals surface area contributed by atoms with Crippen molar-refractivity contribution in [2.45, 2.75) is 33.7 Å². The fourth-order valence-electron chi connectivity index (χ4n) is 3.18. The molecule has 31 heavy (non-hydrogen) atoms. The van der Waals surface area contributed by atoms with Gasteiger partial charge in [-0.3, -0.25) is 4.79 Å². The largest absolute Gasteiger partial charge is 0.496 e. The van der Waals surface area contributed by atoms with Crippen molar-refractivity contribution >= 4 is 35.8 Å². The second kappa shape index (κ2) is 14.7. The highest BCUT2D eigenvalue weighted by Gasteiger charge is 2.11. The van der Waals surface area contributed by atoms with Crippen LogP contribution in [-0.2, 0) is 13.0 Å². The molecule has 0 spiro atoms. The van der Waals surface area contributed by atoms with Gasteiger partial charge in [0.2, 0.25) is 0 Å². The summed E-state index contributed by atoms with van der Waals surface area (Å²) in [5.74, 6) is 1.75. The Morgan fingerprint density at radius 3 is 2.29 bits per heavy atom. The number of aliphatic imine (C=N–C) groups is 1. The monoisotopic (exact) mass is 538 g/mol. The van der Waals surface area contributed by atoms with Crippen LogP contribution in [0.25, 0.3) is 0 Å². The van der Waals surface area contributed by atoms with E-state index in [-0.39, 0.29) is 29.9 Å². The van der Waals surface area contributed by atoms with E-state index >= 15 is 0 Å². The molecule has 6 nitrogen and oxygen atoms in total.